The van der Waals surface area contributed by atoms with Crippen LogP contribution in [0.4, 0.5) is 32.2 Å². The van der Waals surface area contributed by atoms with Crippen LogP contribution < -0.4 is 10.2 Å². The molecule has 1 aromatic heterocycles. The number of alkyl halides is 6. The van der Waals surface area contributed by atoms with Crippen molar-refractivity contribution < 1.29 is 40.7 Å². The lowest BCUT2D eigenvalue weighted by atomic mass is 10.1. The van der Waals surface area contributed by atoms with Crippen LogP contribution in [0.15, 0.2) is 48.5 Å². The van der Waals surface area contributed by atoms with Crippen molar-refractivity contribution in [1.29, 1.82) is 0 Å². The third kappa shape index (κ3) is 5.46. The highest BCUT2D eigenvalue weighted by atomic mass is 19.4. The summed E-state index contributed by atoms with van der Waals surface area (Å²) in [6.07, 6.45) is -9.53. The van der Waals surface area contributed by atoms with Crippen LogP contribution in [0.1, 0.15) is 56.1 Å². The Morgan fingerprint density at radius 1 is 1.03 bits per heavy atom. The normalized spacial score (nSPS) is 14.3. The van der Waals surface area contributed by atoms with E-state index in [1.807, 2.05) is 0 Å². The highest BCUT2D eigenvalue weighted by Gasteiger charge is 2.44. The number of fused-ring (bicyclic) bond motifs is 1. The number of hydrogen-bond donors (Lipinski definition) is 1. The topological polar surface area (TPSA) is 76.5 Å². The molecule has 1 unspecified atom stereocenters. The Labute approximate surface area is 213 Å². The van der Waals surface area contributed by atoms with E-state index in [0.717, 1.165) is 16.8 Å². The molecular formula is C25H22F6N4O3. The molecule has 0 saturated carbocycles. The molecule has 0 aliphatic carbocycles. The van der Waals surface area contributed by atoms with Crippen LogP contribution in [-0.2, 0) is 30.2 Å². The molecule has 1 aliphatic rings. The van der Waals surface area contributed by atoms with Crippen molar-refractivity contribution in [2.24, 2.45) is 0 Å². The Balaban J connectivity index is 1.63. The van der Waals surface area contributed by atoms with Gasteiger partial charge in [0.2, 0.25) is 0 Å². The fraction of sp³-hybridized carbons (Fsp3) is 0.320. The van der Waals surface area contributed by atoms with Gasteiger partial charge in [-0.1, -0.05) is 24.3 Å². The first kappa shape index (κ1) is 27.0. The monoisotopic (exact) mass is 540 g/mol. The Morgan fingerprint density at radius 2 is 1.71 bits per heavy atom. The van der Waals surface area contributed by atoms with Gasteiger partial charge in [-0.15, -0.1) is 0 Å². The first-order valence-corrected chi connectivity index (χ1v) is 11.4. The van der Waals surface area contributed by atoms with Gasteiger partial charge in [-0.25, -0.2) is 9.48 Å². The number of methoxy groups -OCH3 is 1. The predicted octanol–water partition coefficient (Wildman–Crippen LogP) is 5.22. The van der Waals surface area contributed by atoms with Gasteiger partial charge in [-0.05, 0) is 42.3 Å². The van der Waals surface area contributed by atoms with E-state index in [-0.39, 0.29) is 36.6 Å². The van der Waals surface area contributed by atoms with Crippen LogP contribution in [0.3, 0.4) is 0 Å². The summed E-state index contributed by atoms with van der Waals surface area (Å²) in [7, 11) is 1.22. The molecule has 4 rings (SSSR count). The van der Waals surface area contributed by atoms with Gasteiger partial charge in [-0.2, -0.15) is 31.4 Å². The predicted molar refractivity (Wildman–Crippen MR) is 123 cm³/mol. The number of benzene rings is 2. The maximum absolute atomic E-state index is 13.9. The second-order valence-electron chi connectivity index (χ2n) is 8.70. The largest absolute Gasteiger partial charge is 0.465 e. The SMILES string of the molecule is COC(=O)c1ccc(C(C)NC(=O)c2c(C(F)(F)F)nn3c2N(Cc2cccc(C(F)(F)F)c2)CC3)cc1. The van der Waals surface area contributed by atoms with Gasteiger partial charge in [0.05, 0.1) is 30.8 Å². The minimum Gasteiger partial charge on any atom is -0.465 e. The molecule has 0 radical (unpaired) electrons. The zero-order valence-electron chi connectivity index (χ0n) is 20.2. The number of nitrogens with one attached hydrogen (secondary N) is 1. The number of halogens is 6. The van der Waals surface area contributed by atoms with Crippen molar-refractivity contribution in [3.05, 3.63) is 82.0 Å². The third-order valence-corrected chi connectivity index (χ3v) is 6.11. The summed E-state index contributed by atoms with van der Waals surface area (Å²) in [4.78, 5) is 26.2. The number of aromatic nitrogens is 2. The Hall–Kier alpha value is -4.03. The molecule has 1 aliphatic heterocycles. The maximum Gasteiger partial charge on any atom is 0.436 e. The zero-order valence-corrected chi connectivity index (χ0v) is 20.2. The van der Waals surface area contributed by atoms with Crippen LogP contribution in [-0.4, -0.2) is 35.3 Å². The molecule has 7 nitrogen and oxygen atoms in total. The summed E-state index contributed by atoms with van der Waals surface area (Å²) >= 11 is 0. The van der Waals surface area contributed by atoms with Gasteiger partial charge in [0.1, 0.15) is 11.4 Å². The Bertz CT molecular complexity index is 1350. The molecule has 202 valence electrons. The molecule has 38 heavy (non-hydrogen) atoms. The number of hydrogen-bond acceptors (Lipinski definition) is 5. The van der Waals surface area contributed by atoms with Gasteiger partial charge >= 0.3 is 18.3 Å². The zero-order chi connectivity index (χ0) is 27.8. The van der Waals surface area contributed by atoms with E-state index in [4.69, 9.17) is 0 Å². The van der Waals surface area contributed by atoms with Crippen molar-refractivity contribution in [1.82, 2.24) is 15.1 Å². The summed E-state index contributed by atoms with van der Waals surface area (Å²) in [6.45, 7) is 1.58. The van der Waals surface area contributed by atoms with E-state index in [1.54, 1.807) is 6.92 Å². The number of rotatable bonds is 6. The Kier molecular flexibility index (Phi) is 7.13. The van der Waals surface area contributed by atoms with Crippen LogP contribution in [0, 0.1) is 0 Å². The lowest BCUT2D eigenvalue weighted by Crippen LogP contribution is -2.31. The molecule has 13 heteroatoms. The van der Waals surface area contributed by atoms with Gasteiger partial charge < -0.3 is 15.0 Å². The molecule has 1 amide bonds. The van der Waals surface area contributed by atoms with E-state index in [1.165, 1.54) is 48.4 Å². The minimum absolute atomic E-state index is 0.0230. The van der Waals surface area contributed by atoms with Gasteiger partial charge in [-0.3, -0.25) is 4.79 Å². The number of esters is 1. The first-order valence-electron chi connectivity index (χ1n) is 11.4. The highest BCUT2D eigenvalue weighted by molar-refractivity contribution is 6.01. The highest BCUT2D eigenvalue weighted by Crippen LogP contribution is 2.39. The summed E-state index contributed by atoms with van der Waals surface area (Å²) in [6, 6.07) is 9.70. The van der Waals surface area contributed by atoms with Crippen molar-refractivity contribution >= 4 is 17.7 Å². The number of carbonyl (C=O) groups excluding carboxylic acids is 2. The molecule has 2 aromatic carbocycles. The van der Waals surface area contributed by atoms with Crippen LogP contribution >= 0.6 is 0 Å². The number of nitrogens with zero attached hydrogens (tertiary/aromatic N) is 3. The van der Waals surface area contributed by atoms with Crippen molar-refractivity contribution in [2.45, 2.75) is 38.4 Å². The summed E-state index contributed by atoms with van der Waals surface area (Å²) in [5.74, 6) is -1.74. The van der Waals surface area contributed by atoms with Crippen molar-refractivity contribution in [2.75, 3.05) is 18.6 Å². The van der Waals surface area contributed by atoms with Crippen molar-refractivity contribution in [3.63, 3.8) is 0 Å². The lowest BCUT2D eigenvalue weighted by Gasteiger charge is -2.21. The standard InChI is InChI=1S/C25H22F6N4O3/c1-14(16-6-8-17(9-7-16)23(37)38-2)32-21(36)19-20(25(29,30)31)33-35-11-10-34(22(19)35)13-15-4-3-5-18(12-15)24(26,27)28/h3-9,12,14H,10-11,13H2,1-2H3,(H,32,36). The van der Waals surface area contributed by atoms with E-state index in [9.17, 15) is 35.9 Å². The van der Waals surface area contributed by atoms with Gasteiger partial charge in [0.25, 0.3) is 5.91 Å². The molecule has 0 spiro atoms. The van der Waals surface area contributed by atoms with E-state index in [0.29, 0.717) is 5.56 Å². The molecule has 1 N–H and O–H groups in total. The van der Waals surface area contributed by atoms with Gasteiger partial charge in [0.15, 0.2) is 5.69 Å². The molecule has 3 aromatic rings. The Morgan fingerprint density at radius 3 is 2.32 bits per heavy atom. The van der Waals surface area contributed by atoms with E-state index >= 15 is 0 Å². The molecule has 0 saturated heterocycles. The lowest BCUT2D eigenvalue weighted by molar-refractivity contribution is -0.142. The smallest absolute Gasteiger partial charge is 0.436 e. The fourth-order valence-electron chi connectivity index (χ4n) is 4.26. The average molecular weight is 540 g/mol. The molecular weight excluding hydrogens is 518 g/mol. The second-order valence-corrected chi connectivity index (χ2v) is 8.70. The van der Waals surface area contributed by atoms with Crippen LogP contribution in [0.2, 0.25) is 0 Å². The minimum atomic E-state index is -4.95. The number of amides is 1. The van der Waals surface area contributed by atoms with Crippen LogP contribution in [0.5, 0.6) is 0 Å². The first-order chi connectivity index (χ1) is 17.8. The average Bonchev–Trinajstić information content (AvgIpc) is 3.43. The summed E-state index contributed by atoms with van der Waals surface area (Å²) < 4.78 is 86.7. The van der Waals surface area contributed by atoms with Gasteiger partial charge in [0, 0.05) is 13.1 Å². The summed E-state index contributed by atoms with van der Waals surface area (Å²) in [5.41, 5.74) is -1.98. The van der Waals surface area contributed by atoms with E-state index in [2.05, 4.69) is 15.2 Å². The van der Waals surface area contributed by atoms with Crippen molar-refractivity contribution in [3.8, 4) is 0 Å². The molecule has 0 fully saturated rings. The summed E-state index contributed by atoms with van der Waals surface area (Å²) in [5, 5.41) is 6.14. The molecule has 0 bridgehead atoms. The molecule has 1 atom stereocenters. The maximum atomic E-state index is 13.9. The number of carbonyl (C=O) groups is 2. The second kappa shape index (κ2) is 10.0. The fourth-order valence-corrected chi connectivity index (χ4v) is 4.26. The van der Waals surface area contributed by atoms with Crippen LogP contribution in [0.25, 0.3) is 0 Å². The number of anilines is 1. The number of ether oxygens (including phenoxy) is 1. The molecule has 2 heterocycles. The van der Waals surface area contributed by atoms with E-state index < -0.39 is 47.1 Å². The quantitative estimate of drug-likeness (QED) is 0.343. The third-order valence-electron chi connectivity index (χ3n) is 6.11.